The van der Waals surface area contributed by atoms with Crippen molar-refractivity contribution in [2.45, 2.75) is 59.3 Å². The molecule has 0 aliphatic carbocycles. The van der Waals surface area contributed by atoms with Gasteiger partial charge >= 0.3 is 21.3 Å². The van der Waals surface area contributed by atoms with Gasteiger partial charge in [0.05, 0.1) is 5.41 Å². The normalized spacial score (nSPS) is 14.0. The molecule has 9 heteroatoms. The molecule has 1 rings (SSSR count). The van der Waals surface area contributed by atoms with E-state index in [4.69, 9.17) is 0 Å². The maximum absolute atomic E-state index is 14.3. The quantitative estimate of drug-likeness (QED) is 0.313. The van der Waals surface area contributed by atoms with Gasteiger partial charge in [0.15, 0.2) is 12.4 Å². The van der Waals surface area contributed by atoms with Gasteiger partial charge in [0.2, 0.25) is 0 Å². The molecule has 0 saturated heterocycles. The molecule has 0 saturated carbocycles. The second-order valence-electron chi connectivity index (χ2n) is 7.90. The predicted molar refractivity (Wildman–Crippen MR) is 104 cm³/mol. The summed E-state index contributed by atoms with van der Waals surface area (Å²) >= 11 is 0. The number of halogens is 2. The topological polar surface area (TPSA) is 86.7 Å². The molecule has 0 bridgehead atoms. The highest BCUT2D eigenvalue weighted by Gasteiger charge is 2.50. The molecule has 0 spiro atoms. The lowest BCUT2D eigenvalue weighted by atomic mass is 9.91. The van der Waals surface area contributed by atoms with Gasteiger partial charge in [-0.25, -0.2) is 0 Å². The zero-order chi connectivity index (χ0) is 22.6. The van der Waals surface area contributed by atoms with Crippen molar-refractivity contribution in [1.82, 2.24) is 0 Å². The summed E-state index contributed by atoms with van der Waals surface area (Å²) in [5.74, 6) is -2.38. The van der Waals surface area contributed by atoms with E-state index >= 15 is 0 Å². The van der Waals surface area contributed by atoms with Crippen LogP contribution in [-0.2, 0) is 23.8 Å². The number of carbonyl (C=O) groups is 2. The molecule has 0 aliphatic heterocycles. The number of carbonyl (C=O) groups excluding carboxylic acids is 2. The summed E-state index contributed by atoms with van der Waals surface area (Å²) in [6.07, 6.45) is -1.32. The minimum Gasteiger partial charge on any atom is -0.458 e. The van der Waals surface area contributed by atoms with Gasteiger partial charge in [0.25, 0.3) is 0 Å². The zero-order valence-electron chi connectivity index (χ0n) is 17.5. The van der Waals surface area contributed by atoms with E-state index in [-0.39, 0.29) is 5.56 Å². The van der Waals surface area contributed by atoms with Crippen LogP contribution in [-0.4, -0.2) is 38.1 Å². The Hall–Kier alpha value is -1.87. The van der Waals surface area contributed by atoms with Gasteiger partial charge in [0, 0.05) is 5.56 Å². The molecule has 0 radical (unpaired) electrons. The Morgan fingerprint density at radius 1 is 1.10 bits per heavy atom. The average Bonchev–Trinajstić information content (AvgIpc) is 2.63. The van der Waals surface area contributed by atoms with E-state index in [1.165, 1.54) is 39.8 Å². The van der Waals surface area contributed by atoms with Crippen molar-refractivity contribution in [3.05, 3.63) is 35.4 Å². The molecule has 0 aliphatic rings. The number of ether oxygens (including phenoxy) is 1. The second-order valence-corrected chi connectivity index (χ2v) is 9.59. The summed E-state index contributed by atoms with van der Waals surface area (Å²) in [7, 11) is -5.54. The van der Waals surface area contributed by atoms with E-state index in [1.54, 1.807) is 26.0 Å². The van der Waals surface area contributed by atoms with E-state index in [0.717, 1.165) is 5.56 Å². The maximum atomic E-state index is 14.3. The van der Waals surface area contributed by atoms with E-state index in [9.17, 15) is 26.8 Å². The third-order valence-electron chi connectivity index (χ3n) is 4.60. The first-order chi connectivity index (χ1) is 13.1. The summed E-state index contributed by atoms with van der Waals surface area (Å²) in [6, 6.07) is 6.22. The number of hydrogen-bond acceptors (Lipinski definition) is 6. The lowest BCUT2D eigenvalue weighted by molar-refractivity contribution is -0.160. The molecule has 0 aromatic heterocycles. The first-order valence-electron chi connectivity index (χ1n) is 9.23. The van der Waals surface area contributed by atoms with Gasteiger partial charge in [0.1, 0.15) is 6.10 Å². The fourth-order valence-corrected chi connectivity index (χ4v) is 3.03. The number of aryl methyl sites for hydroxylation is 1. The number of alkyl halides is 2. The van der Waals surface area contributed by atoms with Crippen LogP contribution in [0.25, 0.3) is 0 Å². The standard InChI is InChI=1S/C20H28F2O6S/c1-7-19(5,6)18(24)27-12-20(21,22)29(25,26)28-17(13(2)3)16(23)15-10-8-14(4)9-11-15/h8-11,13,17H,7,12H2,1-6H3. The number of rotatable bonds is 10. The highest BCUT2D eigenvalue weighted by molar-refractivity contribution is 7.87. The molecular formula is C20H28F2O6S. The smallest absolute Gasteiger partial charge is 0.403 e. The highest BCUT2D eigenvalue weighted by Crippen LogP contribution is 2.29. The fraction of sp³-hybridized carbons (Fsp3) is 0.600. The molecular weight excluding hydrogens is 406 g/mol. The molecule has 29 heavy (non-hydrogen) atoms. The third kappa shape index (κ3) is 6.30. The molecule has 1 atom stereocenters. The van der Waals surface area contributed by atoms with Gasteiger partial charge in [-0.05, 0) is 33.1 Å². The summed E-state index contributed by atoms with van der Waals surface area (Å²) in [5.41, 5.74) is -0.0220. The van der Waals surface area contributed by atoms with Crippen LogP contribution in [0.4, 0.5) is 8.78 Å². The Labute approximate surface area is 170 Å². The molecule has 0 N–H and O–H groups in total. The fourth-order valence-electron chi connectivity index (χ4n) is 2.11. The highest BCUT2D eigenvalue weighted by atomic mass is 32.2. The van der Waals surface area contributed by atoms with Crippen molar-refractivity contribution in [1.29, 1.82) is 0 Å². The molecule has 6 nitrogen and oxygen atoms in total. The van der Waals surface area contributed by atoms with E-state index in [0.29, 0.717) is 6.42 Å². The second kappa shape index (κ2) is 9.30. The van der Waals surface area contributed by atoms with Crippen molar-refractivity contribution in [2.24, 2.45) is 11.3 Å². The van der Waals surface area contributed by atoms with Crippen LogP contribution in [0.3, 0.4) is 0 Å². The Kier molecular flexibility index (Phi) is 8.07. The molecule has 1 unspecified atom stereocenters. The van der Waals surface area contributed by atoms with Crippen LogP contribution >= 0.6 is 0 Å². The number of Topliss-reactive ketones (excluding diaryl/α,β-unsaturated/α-hetero) is 1. The first-order valence-corrected chi connectivity index (χ1v) is 10.6. The van der Waals surface area contributed by atoms with E-state index in [2.05, 4.69) is 8.92 Å². The van der Waals surface area contributed by atoms with Crippen LogP contribution < -0.4 is 0 Å². The minimum atomic E-state index is -5.54. The lowest BCUT2D eigenvalue weighted by Crippen LogP contribution is -2.42. The van der Waals surface area contributed by atoms with Gasteiger partial charge in [-0.15, -0.1) is 0 Å². The Bertz CT molecular complexity index is 829. The van der Waals surface area contributed by atoms with Gasteiger partial charge in [-0.2, -0.15) is 17.2 Å². The number of benzene rings is 1. The average molecular weight is 435 g/mol. The van der Waals surface area contributed by atoms with Crippen molar-refractivity contribution in [3.63, 3.8) is 0 Å². The van der Waals surface area contributed by atoms with E-state index in [1.807, 2.05) is 0 Å². The summed E-state index contributed by atoms with van der Waals surface area (Å²) < 4.78 is 62.1. The number of hydrogen-bond donors (Lipinski definition) is 0. The Morgan fingerprint density at radius 2 is 1.62 bits per heavy atom. The van der Waals surface area contributed by atoms with Crippen molar-refractivity contribution in [3.8, 4) is 0 Å². The van der Waals surface area contributed by atoms with Crippen molar-refractivity contribution in [2.75, 3.05) is 6.61 Å². The number of ketones is 1. The first kappa shape index (κ1) is 25.2. The molecule has 0 heterocycles. The molecule has 1 aromatic rings. The van der Waals surface area contributed by atoms with E-state index < -0.39 is 51.2 Å². The van der Waals surface area contributed by atoms with Crippen molar-refractivity contribution < 1.29 is 35.7 Å². The largest absolute Gasteiger partial charge is 0.458 e. The monoisotopic (exact) mass is 434 g/mol. The van der Waals surface area contributed by atoms with Gasteiger partial charge in [-0.3, -0.25) is 13.8 Å². The van der Waals surface area contributed by atoms with Crippen LogP contribution in [0.2, 0.25) is 0 Å². The SMILES string of the molecule is CCC(C)(C)C(=O)OCC(F)(F)S(=O)(=O)OC(C(=O)c1ccc(C)cc1)C(C)C. The van der Waals surface area contributed by atoms with Crippen molar-refractivity contribution >= 4 is 21.9 Å². The summed E-state index contributed by atoms with van der Waals surface area (Å²) in [4.78, 5) is 24.5. The Morgan fingerprint density at radius 3 is 2.07 bits per heavy atom. The predicted octanol–water partition coefficient (Wildman–Crippen LogP) is 4.12. The van der Waals surface area contributed by atoms with Crippen LogP contribution in [0.15, 0.2) is 24.3 Å². The maximum Gasteiger partial charge on any atom is 0.403 e. The van der Waals surface area contributed by atoms with Crippen LogP contribution in [0.1, 0.15) is 57.0 Å². The molecule has 0 fully saturated rings. The number of esters is 1. The lowest BCUT2D eigenvalue weighted by Gasteiger charge is -2.25. The molecule has 1 aromatic carbocycles. The summed E-state index contributed by atoms with van der Waals surface area (Å²) in [5, 5.41) is -4.51. The molecule has 0 amide bonds. The van der Waals surface area contributed by atoms with Crippen LogP contribution in [0, 0.1) is 18.3 Å². The molecule has 164 valence electrons. The zero-order valence-corrected chi connectivity index (χ0v) is 18.3. The van der Waals surface area contributed by atoms with Crippen LogP contribution in [0.5, 0.6) is 0 Å². The third-order valence-corrected chi connectivity index (χ3v) is 5.91. The Balaban J connectivity index is 3.01. The van der Waals surface area contributed by atoms with Gasteiger partial charge < -0.3 is 4.74 Å². The van der Waals surface area contributed by atoms with Gasteiger partial charge in [-0.1, -0.05) is 50.6 Å². The minimum absolute atomic E-state index is 0.143. The summed E-state index contributed by atoms with van der Waals surface area (Å²) in [6.45, 7) is 7.73.